The summed E-state index contributed by atoms with van der Waals surface area (Å²) in [4.78, 5) is 0. The van der Waals surface area contributed by atoms with Gasteiger partial charge in [0.05, 0.1) is 33.0 Å². The van der Waals surface area contributed by atoms with Gasteiger partial charge in [-0.3, -0.25) is 0 Å². The van der Waals surface area contributed by atoms with Gasteiger partial charge in [-0.25, -0.2) is 0 Å². The number of rotatable bonds is 12. The predicted molar refractivity (Wildman–Crippen MR) is 352 cm³/mol. The predicted octanol–water partition coefficient (Wildman–Crippen LogP) is 20.6. The van der Waals surface area contributed by atoms with Gasteiger partial charge in [0, 0.05) is 15.1 Å². The molecule has 7 rings (SSSR count). The van der Waals surface area contributed by atoms with Gasteiger partial charge in [0.15, 0.2) is 0 Å². The first-order chi connectivity index (χ1) is 38.1. The zero-order valence-electron chi connectivity index (χ0n) is 52.6. The van der Waals surface area contributed by atoms with E-state index in [-0.39, 0.29) is 33.0 Å². The zero-order chi connectivity index (χ0) is 61.7. The minimum Gasteiger partial charge on any atom is -0.392 e. The van der Waals surface area contributed by atoms with Gasteiger partial charge >= 0.3 is 0 Å². The second-order valence-electron chi connectivity index (χ2n) is 23.1. The van der Waals surface area contributed by atoms with Crippen LogP contribution in [0.15, 0.2) is 133 Å². The topological polar surface area (TPSA) is 101 Å². The molecule has 444 valence electrons. The molecule has 0 atom stereocenters. The van der Waals surface area contributed by atoms with Gasteiger partial charge in [0.1, 0.15) is 0 Å². The Morgan fingerprint density at radius 2 is 0.519 bits per heavy atom. The summed E-state index contributed by atoms with van der Waals surface area (Å²) in [5.74, 6) is 3.42. The molecule has 7 aromatic carbocycles. The Morgan fingerprint density at radius 1 is 0.259 bits per heavy atom. The van der Waals surface area contributed by atoms with E-state index in [0.717, 1.165) is 48.4 Å². The van der Waals surface area contributed by atoms with E-state index in [0.29, 0.717) is 41.4 Å². The fraction of sp³-hybridized carbons (Fsp3) is 0.425. The quantitative estimate of drug-likeness (QED) is 0.0839. The third kappa shape index (κ3) is 27.0. The monoisotopic (exact) mass is 1160 g/mol. The largest absolute Gasteiger partial charge is 0.392 e. The lowest BCUT2D eigenvalue weighted by Gasteiger charge is -2.11. The Kier molecular flexibility index (Phi) is 35.6. The maximum absolute atomic E-state index is 9.09. The van der Waals surface area contributed by atoms with Crippen molar-refractivity contribution in [2.45, 2.75) is 206 Å². The van der Waals surface area contributed by atoms with Gasteiger partial charge < -0.3 is 25.5 Å². The summed E-state index contributed by atoms with van der Waals surface area (Å²) < 4.78 is 0. The molecule has 0 aliphatic carbocycles. The Balaban J connectivity index is 0.000000473. The molecular formula is C73H101Cl3O5. The summed E-state index contributed by atoms with van der Waals surface area (Å²) >= 11 is 17.8. The standard InChI is InChI=1S/3C11H16O.C10H13ClO.2C10H13Cl.C10H14O/c1-8(2)11-5-4-9(3)6-10(11)7-12;2*1-8(2)11-6-9(3)4-5-10(11)7-12;1-7(2)10-5-9(11)4-3-8(10)6-12;2*1-7(2)9-6-8(3)4-5-10(9)11;1-8(2)10-6-4-3-5-9(10)7-11/h3*4-6,8,12H,7H2,1-3H3;3-5,7,12H,6H2,1-2H3;2*4-7H,1-3H3;3-6,8,11H,7H2,1-2H3. The third-order valence-electron chi connectivity index (χ3n) is 13.6. The third-order valence-corrected chi connectivity index (χ3v) is 14.5. The highest BCUT2D eigenvalue weighted by Crippen LogP contribution is 2.28. The number of hydrogen-bond acceptors (Lipinski definition) is 5. The molecule has 0 bridgehead atoms. The first kappa shape index (κ1) is 74.2. The second-order valence-corrected chi connectivity index (χ2v) is 24.3. The van der Waals surface area contributed by atoms with Crippen LogP contribution in [0.4, 0.5) is 0 Å². The number of halogens is 3. The second kappa shape index (κ2) is 38.9. The minimum atomic E-state index is 0.0880. The molecule has 0 spiro atoms. The number of benzene rings is 7. The lowest BCUT2D eigenvalue weighted by molar-refractivity contribution is 0.280. The summed E-state index contributed by atoms with van der Waals surface area (Å²) in [5.41, 5.74) is 20.1. The van der Waals surface area contributed by atoms with Crippen LogP contribution in [0.1, 0.15) is 233 Å². The van der Waals surface area contributed by atoms with Crippen LogP contribution in [0, 0.1) is 34.6 Å². The van der Waals surface area contributed by atoms with Crippen molar-refractivity contribution in [2.24, 2.45) is 0 Å². The Bertz CT molecular complexity index is 2710. The first-order valence-electron chi connectivity index (χ1n) is 28.8. The van der Waals surface area contributed by atoms with Crippen LogP contribution in [0.2, 0.25) is 15.1 Å². The maximum Gasteiger partial charge on any atom is 0.0684 e. The Hall–Kier alpha value is -4.79. The highest BCUT2D eigenvalue weighted by Gasteiger charge is 2.10. The molecule has 0 aromatic heterocycles. The van der Waals surface area contributed by atoms with Crippen LogP contribution < -0.4 is 0 Å². The molecule has 0 amide bonds. The van der Waals surface area contributed by atoms with E-state index >= 15 is 0 Å². The molecule has 5 nitrogen and oxygen atoms in total. The molecule has 8 heteroatoms. The van der Waals surface area contributed by atoms with E-state index in [4.69, 9.17) is 60.3 Å². The fourth-order valence-electron chi connectivity index (χ4n) is 8.93. The molecule has 0 aliphatic rings. The molecule has 0 saturated carbocycles. The average molecular weight is 1160 g/mol. The number of aliphatic hydroxyl groups excluding tert-OH is 5. The first-order valence-corrected chi connectivity index (χ1v) is 29.9. The SMILES string of the molecule is CC(C)c1cc(Cl)ccc1CO.CC(C)c1ccccc1CO.Cc1ccc(C(C)C)c(CO)c1.Cc1ccc(CO)c(C(C)C)c1.Cc1ccc(CO)c(C(C)C)c1.Cc1ccc(Cl)c(C(C)C)c1.Cc1ccc(Cl)c(C(C)C)c1. The molecule has 0 unspecified atom stereocenters. The van der Waals surface area contributed by atoms with E-state index in [1.54, 1.807) is 6.07 Å². The van der Waals surface area contributed by atoms with Crippen molar-refractivity contribution < 1.29 is 25.5 Å². The van der Waals surface area contributed by atoms with Crippen molar-refractivity contribution in [1.29, 1.82) is 0 Å². The van der Waals surface area contributed by atoms with Gasteiger partial charge in [0.25, 0.3) is 0 Å². The van der Waals surface area contributed by atoms with E-state index in [9.17, 15) is 0 Å². The minimum absolute atomic E-state index is 0.0880. The fourth-order valence-corrected chi connectivity index (χ4v) is 9.78. The van der Waals surface area contributed by atoms with Crippen molar-refractivity contribution in [3.8, 4) is 0 Å². The van der Waals surface area contributed by atoms with Gasteiger partial charge in [-0.1, -0.05) is 269 Å². The molecular weight excluding hydrogens is 1060 g/mol. The average Bonchev–Trinajstić information content (AvgIpc) is 3.43. The number of aliphatic hydroxyl groups is 5. The van der Waals surface area contributed by atoms with E-state index in [1.807, 2.05) is 85.8 Å². The lowest BCUT2D eigenvalue weighted by atomic mass is 9.96. The van der Waals surface area contributed by atoms with Crippen molar-refractivity contribution in [3.63, 3.8) is 0 Å². The summed E-state index contributed by atoms with van der Waals surface area (Å²) in [6.07, 6.45) is 0. The van der Waals surface area contributed by atoms with Crippen LogP contribution >= 0.6 is 34.8 Å². The molecule has 5 N–H and O–H groups in total. The summed E-state index contributed by atoms with van der Waals surface area (Å²) in [7, 11) is 0. The van der Waals surface area contributed by atoms with Gasteiger partial charge in [-0.2, -0.15) is 0 Å². The molecule has 0 aliphatic heterocycles. The summed E-state index contributed by atoms with van der Waals surface area (Å²) in [5, 5.41) is 47.7. The molecule has 0 saturated heterocycles. The highest BCUT2D eigenvalue weighted by atomic mass is 35.5. The summed E-state index contributed by atoms with van der Waals surface area (Å²) in [6.45, 7) is 41.0. The van der Waals surface area contributed by atoms with Crippen LogP contribution in [0.25, 0.3) is 0 Å². The molecule has 7 aromatic rings. The van der Waals surface area contributed by atoms with Crippen LogP contribution in [-0.2, 0) is 33.0 Å². The number of hydrogen-bond donors (Lipinski definition) is 5. The van der Waals surface area contributed by atoms with Crippen molar-refractivity contribution in [1.82, 2.24) is 0 Å². The van der Waals surface area contributed by atoms with Crippen molar-refractivity contribution in [2.75, 3.05) is 0 Å². The van der Waals surface area contributed by atoms with Crippen LogP contribution in [0.3, 0.4) is 0 Å². The molecule has 0 fully saturated rings. The normalized spacial score (nSPS) is 10.7. The highest BCUT2D eigenvalue weighted by molar-refractivity contribution is 6.31. The lowest BCUT2D eigenvalue weighted by Crippen LogP contribution is -1.96. The Labute approximate surface area is 506 Å². The van der Waals surface area contributed by atoms with Crippen LogP contribution in [-0.4, -0.2) is 25.5 Å². The summed E-state index contributed by atoms with van der Waals surface area (Å²) in [6, 6.07) is 44.5. The smallest absolute Gasteiger partial charge is 0.0684 e. The molecule has 0 heterocycles. The Morgan fingerprint density at radius 3 is 0.840 bits per heavy atom. The molecule has 81 heavy (non-hydrogen) atoms. The van der Waals surface area contributed by atoms with E-state index < -0.39 is 0 Å². The zero-order valence-corrected chi connectivity index (χ0v) is 54.9. The molecule has 0 radical (unpaired) electrons. The van der Waals surface area contributed by atoms with Crippen molar-refractivity contribution >= 4 is 34.8 Å². The van der Waals surface area contributed by atoms with Gasteiger partial charge in [-0.15, -0.1) is 0 Å². The van der Waals surface area contributed by atoms with Crippen LogP contribution in [0.5, 0.6) is 0 Å². The maximum atomic E-state index is 9.09. The van der Waals surface area contributed by atoms with E-state index in [2.05, 4.69) is 173 Å². The number of aryl methyl sites for hydroxylation is 5. The van der Waals surface area contributed by atoms with Gasteiger partial charge in [0.2, 0.25) is 0 Å². The van der Waals surface area contributed by atoms with Gasteiger partial charge in [-0.05, 0) is 167 Å². The van der Waals surface area contributed by atoms with Crippen molar-refractivity contribution in [3.05, 3.63) is 243 Å². The van der Waals surface area contributed by atoms with E-state index in [1.165, 1.54) is 61.2 Å².